The number of hydrogen-bond donors (Lipinski definition) is 1. The third-order valence-electron chi connectivity index (χ3n) is 4.71. The molecule has 0 saturated carbocycles. The summed E-state index contributed by atoms with van der Waals surface area (Å²) in [6, 6.07) is 15.9. The number of hydrogen-bond acceptors (Lipinski definition) is 5. The molecule has 0 aliphatic heterocycles. The zero-order valence-electron chi connectivity index (χ0n) is 17.7. The number of amides is 1. The van der Waals surface area contributed by atoms with Gasteiger partial charge in [0, 0.05) is 17.8 Å². The van der Waals surface area contributed by atoms with Gasteiger partial charge in [0.15, 0.2) is 11.0 Å². The van der Waals surface area contributed by atoms with Crippen LogP contribution in [0.1, 0.15) is 31.7 Å². The molecule has 158 valence electrons. The molecule has 0 unspecified atom stereocenters. The van der Waals surface area contributed by atoms with Crippen molar-refractivity contribution in [2.24, 2.45) is 0 Å². The van der Waals surface area contributed by atoms with Crippen LogP contribution in [0.4, 0.5) is 0 Å². The summed E-state index contributed by atoms with van der Waals surface area (Å²) in [6.45, 7) is 4.92. The zero-order valence-corrected chi connectivity index (χ0v) is 18.5. The second kappa shape index (κ2) is 10.8. The van der Waals surface area contributed by atoms with Gasteiger partial charge in [0.05, 0.1) is 12.9 Å². The Morgan fingerprint density at radius 1 is 1.07 bits per heavy atom. The molecule has 0 atom stereocenters. The largest absolute Gasteiger partial charge is 0.497 e. The topological polar surface area (TPSA) is 69.0 Å². The molecular weight excluding hydrogens is 396 g/mol. The van der Waals surface area contributed by atoms with E-state index >= 15 is 0 Å². The van der Waals surface area contributed by atoms with Gasteiger partial charge in [-0.25, -0.2) is 0 Å². The maximum absolute atomic E-state index is 12.2. The van der Waals surface area contributed by atoms with E-state index in [-0.39, 0.29) is 5.91 Å². The number of aromatic nitrogens is 3. The van der Waals surface area contributed by atoms with Gasteiger partial charge in [-0.3, -0.25) is 9.36 Å². The summed E-state index contributed by atoms with van der Waals surface area (Å²) < 4.78 is 7.26. The van der Waals surface area contributed by atoms with E-state index < -0.39 is 0 Å². The van der Waals surface area contributed by atoms with Gasteiger partial charge in [0.25, 0.3) is 0 Å². The Hall–Kier alpha value is -2.80. The van der Waals surface area contributed by atoms with Crippen molar-refractivity contribution in [3.05, 3.63) is 54.1 Å². The molecule has 1 N–H and O–H groups in total. The molecule has 3 aromatic rings. The van der Waals surface area contributed by atoms with Gasteiger partial charge in [-0.1, -0.05) is 49.2 Å². The number of ether oxygens (including phenoxy) is 1. The number of aryl methyl sites for hydroxylation is 1. The fraction of sp³-hybridized carbons (Fsp3) is 0.348. The molecule has 6 nitrogen and oxygen atoms in total. The number of benzene rings is 2. The average molecular weight is 425 g/mol. The van der Waals surface area contributed by atoms with E-state index in [4.69, 9.17) is 4.74 Å². The molecule has 0 fully saturated rings. The number of nitrogens with zero attached hydrogens (tertiary/aromatic N) is 3. The number of unbranched alkanes of at least 4 members (excludes halogenated alkanes) is 2. The van der Waals surface area contributed by atoms with Crippen molar-refractivity contribution in [2.75, 3.05) is 19.4 Å². The molecule has 7 heteroatoms. The van der Waals surface area contributed by atoms with Crippen LogP contribution in [0.25, 0.3) is 17.1 Å². The summed E-state index contributed by atoms with van der Waals surface area (Å²) in [7, 11) is 1.64. The Morgan fingerprint density at radius 2 is 1.80 bits per heavy atom. The maximum atomic E-state index is 12.2. The predicted molar refractivity (Wildman–Crippen MR) is 121 cm³/mol. The van der Waals surface area contributed by atoms with E-state index in [1.165, 1.54) is 17.3 Å². The first-order valence-electron chi connectivity index (χ1n) is 10.2. The van der Waals surface area contributed by atoms with Crippen LogP contribution in [0, 0.1) is 6.92 Å². The lowest BCUT2D eigenvalue weighted by Gasteiger charge is -2.11. The van der Waals surface area contributed by atoms with E-state index in [0.717, 1.165) is 48.6 Å². The normalized spacial score (nSPS) is 10.8. The van der Waals surface area contributed by atoms with Crippen molar-refractivity contribution in [3.8, 4) is 22.8 Å². The van der Waals surface area contributed by atoms with Crippen LogP contribution in [0.2, 0.25) is 0 Å². The van der Waals surface area contributed by atoms with Gasteiger partial charge >= 0.3 is 0 Å². The van der Waals surface area contributed by atoms with Gasteiger partial charge in [0.1, 0.15) is 5.75 Å². The second-order valence-corrected chi connectivity index (χ2v) is 7.99. The minimum Gasteiger partial charge on any atom is -0.497 e. The molecule has 1 amide bonds. The van der Waals surface area contributed by atoms with E-state index in [2.05, 4.69) is 41.5 Å². The van der Waals surface area contributed by atoms with Crippen molar-refractivity contribution in [1.82, 2.24) is 20.1 Å². The summed E-state index contributed by atoms with van der Waals surface area (Å²) in [4.78, 5) is 12.2. The lowest BCUT2D eigenvalue weighted by Crippen LogP contribution is -2.26. The number of thioether (sulfide) groups is 1. The van der Waals surface area contributed by atoms with Crippen LogP contribution in [0.3, 0.4) is 0 Å². The monoisotopic (exact) mass is 424 g/mol. The fourth-order valence-corrected chi connectivity index (χ4v) is 3.78. The van der Waals surface area contributed by atoms with E-state index in [0.29, 0.717) is 10.9 Å². The lowest BCUT2D eigenvalue weighted by atomic mass is 10.2. The lowest BCUT2D eigenvalue weighted by molar-refractivity contribution is -0.118. The van der Waals surface area contributed by atoms with Crippen LogP contribution >= 0.6 is 11.8 Å². The van der Waals surface area contributed by atoms with Gasteiger partial charge in [-0.05, 0) is 49.7 Å². The third-order valence-corrected chi connectivity index (χ3v) is 5.64. The molecule has 0 bridgehead atoms. The van der Waals surface area contributed by atoms with Gasteiger partial charge in [0.2, 0.25) is 5.91 Å². The minimum atomic E-state index is 0.0144. The van der Waals surface area contributed by atoms with Crippen molar-refractivity contribution in [3.63, 3.8) is 0 Å². The van der Waals surface area contributed by atoms with E-state index in [9.17, 15) is 4.79 Å². The Balaban J connectivity index is 1.83. The highest BCUT2D eigenvalue weighted by atomic mass is 32.2. The molecule has 0 saturated heterocycles. The highest BCUT2D eigenvalue weighted by molar-refractivity contribution is 7.99. The molecule has 2 aromatic carbocycles. The molecule has 1 aromatic heterocycles. The van der Waals surface area contributed by atoms with Crippen molar-refractivity contribution < 1.29 is 9.53 Å². The Kier molecular flexibility index (Phi) is 7.90. The second-order valence-electron chi connectivity index (χ2n) is 7.05. The van der Waals surface area contributed by atoms with E-state index in [1.54, 1.807) is 7.11 Å². The smallest absolute Gasteiger partial charge is 0.230 e. The number of carbonyl (C=O) groups is 1. The first-order chi connectivity index (χ1) is 14.6. The number of rotatable bonds is 10. The standard InChI is InChI=1S/C23H28N4O2S/c1-4-5-6-15-24-21(28)16-30-23-26-25-22(18-9-13-20(29-3)14-10-18)27(23)19-11-7-17(2)8-12-19/h7-14H,4-6,15-16H2,1-3H3,(H,24,28). The Labute approximate surface area is 182 Å². The fourth-order valence-electron chi connectivity index (χ4n) is 3.00. The van der Waals surface area contributed by atoms with Crippen LogP contribution in [-0.2, 0) is 4.79 Å². The van der Waals surface area contributed by atoms with Crippen molar-refractivity contribution in [1.29, 1.82) is 0 Å². The molecule has 0 aliphatic carbocycles. The van der Waals surface area contributed by atoms with Crippen LogP contribution in [0.5, 0.6) is 5.75 Å². The number of methoxy groups -OCH3 is 1. The third kappa shape index (κ3) is 5.63. The summed E-state index contributed by atoms with van der Waals surface area (Å²) in [5.41, 5.74) is 3.07. The van der Waals surface area contributed by atoms with E-state index in [1.807, 2.05) is 41.0 Å². The number of nitrogens with one attached hydrogen (secondary N) is 1. The van der Waals surface area contributed by atoms with Crippen molar-refractivity contribution in [2.45, 2.75) is 38.3 Å². The predicted octanol–water partition coefficient (Wildman–Crippen LogP) is 4.65. The van der Waals surface area contributed by atoms with Crippen molar-refractivity contribution >= 4 is 17.7 Å². The van der Waals surface area contributed by atoms with Crippen LogP contribution < -0.4 is 10.1 Å². The SMILES string of the molecule is CCCCCNC(=O)CSc1nnc(-c2ccc(OC)cc2)n1-c1ccc(C)cc1. The quantitative estimate of drug-likeness (QED) is 0.379. The zero-order chi connectivity index (χ0) is 21.3. The summed E-state index contributed by atoms with van der Waals surface area (Å²) >= 11 is 1.39. The first-order valence-corrected chi connectivity index (χ1v) is 11.2. The van der Waals surface area contributed by atoms with Gasteiger partial charge in [-0.15, -0.1) is 10.2 Å². The van der Waals surface area contributed by atoms with Crippen LogP contribution in [-0.4, -0.2) is 40.1 Å². The molecule has 0 aliphatic rings. The number of carbonyl (C=O) groups excluding carboxylic acids is 1. The summed E-state index contributed by atoms with van der Waals surface area (Å²) in [6.07, 6.45) is 3.27. The Morgan fingerprint density at radius 3 is 2.47 bits per heavy atom. The summed E-state index contributed by atoms with van der Waals surface area (Å²) in [5, 5.41) is 12.5. The van der Waals surface area contributed by atoms with Gasteiger partial charge < -0.3 is 10.1 Å². The molecule has 0 spiro atoms. The highest BCUT2D eigenvalue weighted by Gasteiger charge is 2.17. The molecule has 3 rings (SSSR count). The molecule has 1 heterocycles. The van der Waals surface area contributed by atoms with Gasteiger partial charge in [-0.2, -0.15) is 0 Å². The highest BCUT2D eigenvalue weighted by Crippen LogP contribution is 2.29. The molecule has 0 radical (unpaired) electrons. The molecular formula is C23H28N4O2S. The maximum Gasteiger partial charge on any atom is 0.230 e. The summed E-state index contributed by atoms with van der Waals surface area (Å²) in [5.74, 6) is 1.83. The minimum absolute atomic E-state index is 0.0144. The Bertz CT molecular complexity index is 952. The molecule has 30 heavy (non-hydrogen) atoms. The van der Waals surface area contributed by atoms with Crippen LogP contribution in [0.15, 0.2) is 53.7 Å². The first kappa shape index (κ1) is 21.9. The average Bonchev–Trinajstić information content (AvgIpc) is 3.20.